The molecule has 0 fully saturated rings. The van der Waals surface area contributed by atoms with E-state index in [2.05, 4.69) is 0 Å². The summed E-state index contributed by atoms with van der Waals surface area (Å²) in [6.07, 6.45) is 0.623. The molecule has 3 nitrogen and oxygen atoms in total. The fourth-order valence-corrected chi connectivity index (χ4v) is 1.03. The summed E-state index contributed by atoms with van der Waals surface area (Å²) in [4.78, 5) is 0. The largest absolute Gasteiger partial charge is 0.404 e. The Morgan fingerprint density at radius 1 is 1.50 bits per heavy atom. The lowest BCUT2D eigenvalue weighted by atomic mass is 10.5. The van der Waals surface area contributed by atoms with Gasteiger partial charge in [0.1, 0.15) is 16.8 Å². The topological polar surface area (TPSA) is 27.7 Å². The van der Waals surface area contributed by atoms with Gasteiger partial charge in [0.05, 0.1) is 0 Å². The zero-order chi connectivity index (χ0) is 7.98. The molecular weight excluding hydrogens is 148 g/mol. The van der Waals surface area contributed by atoms with Gasteiger partial charge in [0.25, 0.3) is 0 Å². The van der Waals surface area contributed by atoms with E-state index in [0.29, 0.717) is 10.5 Å². The molecule has 0 amide bonds. The number of hydrogen-bond acceptors (Lipinski definition) is 3. The second-order valence-corrected chi connectivity index (χ2v) is 2.48. The minimum atomic E-state index is -0.168. The van der Waals surface area contributed by atoms with Crippen LogP contribution in [0.25, 0.3) is 0 Å². The van der Waals surface area contributed by atoms with Crippen LogP contribution in [0.2, 0.25) is 0 Å². The molecule has 0 aliphatic heterocycles. The molecule has 0 rings (SSSR count). The standard InChI is InChI=1S/C6H16O3Si/c1-4-6(9-10)8-5(2)7-3/h5-6H,4H2,1-3,10H3. The van der Waals surface area contributed by atoms with Gasteiger partial charge in [-0.2, -0.15) is 0 Å². The van der Waals surface area contributed by atoms with Gasteiger partial charge in [-0.25, -0.2) is 0 Å². The second kappa shape index (κ2) is 5.85. The Morgan fingerprint density at radius 2 is 2.10 bits per heavy atom. The third kappa shape index (κ3) is 4.00. The Bertz CT molecular complexity index is 75.4. The van der Waals surface area contributed by atoms with Crippen LogP contribution in [0, 0.1) is 0 Å². The Hall–Kier alpha value is 0.0969. The van der Waals surface area contributed by atoms with E-state index in [1.54, 1.807) is 7.11 Å². The molecule has 0 saturated heterocycles. The third-order valence-corrected chi connectivity index (χ3v) is 1.80. The summed E-state index contributed by atoms with van der Waals surface area (Å²) in [5.74, 6) is 0. The van der Waals surface area contributed by atoms with Crippen molar-refractivity contribution < 1.29 is 13.9 Å². The molecule has 2 atom stereocenters. The van der Waals surface area contributed by atoms with E-state index in [1.165, 1.54) is 0 Å². The summed E-state index contributed by atoms with van der Waals surface area (Å²) in [7, 11) is 2.32. The van der Waals surface area contributed by atoms with Gasteiger partial charge in [-0.1, -0.05) is 6.92 Å². The lowest BCUT2D eigenvalue weighted by Crippen LogP contribution is -2.22. The van der Waals surface area contributed by atoms with Crippen LogP contribution in [0.4, 0.5) is 0 Å². The fourth-order valence-electron chi connectivity index (χ4n) is 0.588. The average Bonchev–Trinajstić information content (AvgIpc) is 1.99. The summed E-state index contributed by atoms with van der Waals surface area (Å²) in [5, 5.41) is 0. The number of methoxy groups -OCH3 is 1. The van der Waals surface area contributed by atoms with Gasteiger partial charge in [0.15, 0.2) is 6.29 Å². The zero-order valence-electron chi connectivity index (χ0n) is 7.09. The smallest absolute Gasteiger partial charge is 0.157 e. The van der Waals surface area contributed by atoms with Crippen LogP contribution in [0.1, 0.15) is 20.3 Å². The maximum absolute atomic E-state index is 5.29. The Labute approximate surface area is 65.2 Å². The van der Waals surface area contributed by atoms with E-state index in [1.807, 2.05) is 13.8 Å². The first kappa shape index (κ1) is 10.1. The highest BCUT2D eigenvalue weighted by atomic mass is 28.2. The molecule has 0 aliphatic carbocycles. The van der Waals surface area contributed by atoms with Crippen molar-refractivity contribution in [3.05, 3.63) is 0 Å². The van der Waals surface area contributed by atoms with Gasteiger partial charge in [0, 0.05) is 7.11 Å². The maximum Gasteiger partial charge on any atom is 0.157 e. The number of rotatable bonds is 5. The summed E-state index contributed by atoms with van der Waals surface area (Å²) < 4.78 is 15.3. The van der Waals surface area contributed by atoms with Crippen LogP contribution in [0.3, 0.4) is 0 Å². The number of hydrogen-bond donors (Lipinski definition) is 0. The van der Waals surface area contributed by atoms with Crippen LogP contribution in [0.15, 0.2) is 0 Å². The summed E-state index contributed by atoms with van der Waals surface area (Å²) in [5.41, 5.74) is 0. The molecule has 62 valence electrons. The Morgan fingerprint density at radius 3 is 2.40 bits per heavy atom. The molecule has 0 saturated carbocycles. The van der Waals surface area contributed by atoms with Crippen molar-refractivity contribution in [3.8, 4) is 0 Å². The minimum Gasteiger partial charge on any atom is -0.404 e. The molecule has 0 heterocycles. The van der Waals surface area contributed by atoms with Gasteiger partial charge in [-0.05, 0) is 13.3 Å². The molecule has 0 spiro atoms. The van der Waals surface area contributed by atoms with Crippen LogP contribution in [0.5, 0.6) is 0 Å². The van der Waals surface area contributed by atoms with Gasteiger partial charge in [-0.15, -0.1) is 0 Å². The van der Waals surface area contributed by atoms with Crippen molar-refractivity contribution in [2.45, 2.75) is 32.8 Å². The average molecular weight is 164 g/mol. The number of ether oxygens (including phenoxy) is 2. The first-order chi connectivity index (χ1) is 4.74. The van der Waals surface area contributed by atoms with Gasteiger partial charge >= 0.3 is 0 Å². The molecule has 0 aromatic rings. The minimum absolute atomic E-state index is 0.0818. The molecule has 2 unspecified atom stereocenters. The van der Waals surface area contributed by atoms with Crippen molar-refractivity contribution in [1.82, 2.24) is 0 Å². The maximum atomic E-state index is 5.29. The van der Waals surface area contributed by atoms with Crippen molar-refractivity contribution in [3.63, 3.8) is 0 Å². The van der Waals surface area contributed by atoms with Crippen LogP contribution >= 0.6 is 0 Å². The first-order valence-corrected chi connectivity index (χ1v) is 4.27. The fraction of sp³-hybridized carbons (Fsp3) is 1.00. The van der Waals surface area contributed by atoms with Crippen LogP contribution in [-0.4, -0.2) is 30.2 Å². The van der Waals surface area contributed by atoms with Crippen molar-refractivity contribution in [2.75, 3.05) is 7.11 Å². The van der Waals surface area contributed by atoms with Crippen LogP contribution < -0.4 is 0 Å². The quantitative estimate of drug-likeness (QED) is 0.424. The molecule has 0 radical (unpaired) electrons. The molecule has 0 aromatic heterocycles. The molecule has 0 aliphatic rings. The van der Waals surface area contributed by atoms with E-state index in [9.17, 15) is 0 Å². The van der Waals surface area contributed by atoms with Gasteiger partial charge < -0.3 is 13.9 Å². The molecule has 0 bridgehead atoms. The molecule has 4 heteroatoms. The molecular formula is C6H16O3Si. The van der Waals surface area contributed by atoms with E-state index >= 15 is 0 Å². The molecule has 0 aromatic carbocycles. The van der Waals surface area contributed by atoms with Crippen molar-refractivity contribution in [2.24, 2.45) is 0 Å². The highest BCUT2D eigenvalue weighted by Gasteiger charge is 2.07. The lowest BCUT2D eigenvalue weighted by molar-refractivity contribution is -0.199. The van der Waals surface area contributed by atoms with E-state index < -0.39 is 0 Å². The van der Waals surface area contributed by atoms with E-state index in [-0.39, 0.29) is 12.6 Å². The predicted octanol–water partition coefficient (Wildman–Crippen LogP) is 0.0285. The van der Waals surface area contributed by atoms with Crippen molar-refractivity contribution >= 4 is 10.5 Å². The van der Waals surface area contributed by atoms with Crippen molar-refractivity contribution in [1.29, 1.82) is 0 Å². The second-order valence-electron chi connectivity index (χ2n) is 2.01. The first-order valence-electron chi connectivity index (χ1n) is 3.45. The molecule has 0 N–H and O–H groups in total. The van der Waals surface area contributed by atoms with E-state index in [4.69, 9.17) is 13.9 Å². The summed E-state index contributed by atoms with van der Waals surface area (Å²) in [6, 6.07) is 0. The Balaban J connectivity index is 3.41. The normalized spacial score (nSPS) is 17.1. The van der Waals surface area contributed by atoms with Gasteiger partial charge in [-0.3, -0.25) is 0 Å². The van der Waals surface area contributed by atoms with Gasteiger partial charge in [0.2, 0.25) is 0 Å². The highest BCUT2D eigenvalue weighted by Crippen LogP contribution is 2.02. The third-order valence-electron chi connectivity index (χ3n) is 1.27. The molecule has 10 heavy (non-hydrogen) atoms. The zero-order valence-corrected chi connectivity index (χ0v) is 9.09. The SMILES string of the molecule is CCC(O[SiH3])OC(C)OC. The summed E-state index contributed by atoms with van der Waals surface area (Å²) in [6.45, 7) is 3.87. The lowest BCUT2D eigenvalue weighted by Gasteiger charge is -2.18. The highest BCUT2D eigenvalue weighted by molar-refractivity contribution is 5.98. The monoisotopic (exact) mass is 164 g/mol. The van der Waals surface area contributed by atoms with Crippen LogP contribution in [-0.2, 0) is 13.9 Å². The van der Waals surface area contributed by atoms with E-state index in [0.717, 1.165) is 6.42 Å². The predicted molar refractivity (Wildman–Crippen MR) is 42.7 cm³/mol. The Kier molecular flexibility index (Phi) is 5.91. The summed E-state index contributed by atoms with van der Waals surface area (Å²) >= 11 is 0.